The number of hydrogen-bond donors (Lipinski definition) is 0. The molecule has 0 N–H and O–H groups in total. The van der Waals surface area contributed by atoms with Gasteiger partial charge in [0.15, 0.2) is 9.84 Å². The summed E-state index contributed by atoms with van der Waals surface area (Å²) in [4.78, 5) is 15.3. The van der Waals surface area contributed by atoms with Gasteiger partial charge in [-0.15, -0.1) is 0 Å². The molecule has 0 unspecified atom stereocenters. The van der Waals surface area contributed by atoms with E-state index in [0.717, 1.165) is 35.7 Å². The Morgan fingerprint density at radius 1 is 1.23 bits per heavy atom. The van der Waals surface area contributed by atoms with Gasteiger partial charge in [-0.1, -0.05) is 38.2 Å². The standard InChI is InChI=1S/C23H35NO4SSi/c1-22(2)20(28-22)17-10-8-12-23(15-29(26,27)13-14-30(4,5)6)19-16(17)9-7-11-18(19)24(3)21(23)25/h7,9,11,17,20H,8,10,12-15H2,1-6H3/t17-,20+,23-/m0/s1. The molecule has 30 heavy (non-hydrogen) atoms. The van der Waals surface area contributed by atoms with Crippen LogP contribution < -0.4 is 4.90 Å². The molecule has 2 heterocycles. The van der Waals surface area contributed by atoms with Gasteiger partial charge >= 0.3 is 0 Å². The van der Waals surface area contributed by atoms with Crippen molar-refractivity contribution in [2.75, 3.05) is 23.5 Å². The van der Waals surface area contributed by atoms with Crippen LogP contribution in [0.5, 0.6) is 0 Å². The lowest BCUT2D eigenvalue weighted by Gasteiger charge is -2.28. The van der Waals surface area contributed by atoms with Gasteiger partial charge in [-0.05, 0) is 49.9 Å². The van der Waals surface area contributed by atoms with Crippen LogP contribution in [0.25, 0.3) is 0 Å². The Hall–Kier alpha value is -1.18. The highest BCUT2D eigenvalue weighted by Crippen LogP contribution is 2.56. The lowest BCUT2D eigenvalue weighted by molar-refractivity contribution is -0.122. The fraction of sp³-hybridized carbons (Fsp3) is 0.696. The van der Waals surface area contributed by atoms with E-state index in [0.29, 0.717) is 6.42 Å². The van der Waals surface area contributed by atoms with Crippen LogP contribution in [-0.4, -0.2) is 52.7 Å². The van der Waals surface area contributed by atoms with Crippen molar-refractivity contribution in [3.8, 4) is 0 Å². The third-order valence-corrected chi connectivity index (χ3v) is 11.1. The summed E-state index contributed by atoms with van der Waals surface area (Å²) in [6.45, 7) is 10.8. The maximum atomic E-state index is 13.6. The molecule has 1 aromatic rings. The van der Waals surface area contributed by atoms with E-state index in [9.17, 15) is 13.2 Å². The quantitative estimate of drug-likeness (QED) is 0.484. The molecule has 3 atom stereocenters. The van der Waals surface area contributed by atoms with Crippen LogP contribution in [0.3, 0.4) is 0 Å². The van der Waals surface area contributed by atoms with E-state index >= 15 is 0 Å². The minimum Gasteiger partial charge on any atom is -0.366 e. The summed E-state index contributed by atoms with van der Waals surface area (Å²) in [5.74, 6) is 0.263. The van der Waals surface area contributed by atoms with Gasteiger partial charge in [0.25, 0.3) is 0 Å². The number of carbonyl (C=O) groups excluding carboxylic acids is 1. The Balaban J connectivity index is 1.78. The number of rotatable bonds is 6. The summed E-state index contributed by atoms with van der Waals surface area (Å²) in [5, 5.41) is 0. The van der Waals surface area contributed by atoms with Crippen molar-refractivity contribution in [3.05, 3.63) is 29.3 Å². The molecular formula is C23H35NO4SSi. The smallest absolute Gasteiger partial charge is 0.238 e. The second-order valence-electron chi connectivity index (χ2n) is 11.2. The SMILES string of the molecule is CN1C(=O)[C@]2(CS(=O)(=O)CC[Si](C)(C)C)CCC[C@H]([C@H]3OC3(C)C)c3cccc1c32. The largest absolute Gasteiger partial charge is 0.366 e. The molecule has 0 aromatic heterocycles. The van der Waals surface area contributed by atoms with E-state index < -0.39 is 23.3 Å². The highest BCUT2D eigenvalue weighted by atomic mass is 32.2. The van der Waals surface area contributed by atoms with Crippen molar-refractivity contribution < 1.29 is 17.9 Å². The Kier molecular flexibility index (Phi) is 5.07. The molecule has 1 aliphatic carbocycles. The monoisotopic (exact) mass is 449 g/mol. The van der Waals surface area contributed by atoms with E-state index in [1.807, 2.05) is 12.1 Å². The van der Waals surface area contributed by atoms with Crippen molar-refractivity contribution in [1.29, 1.82) is 0 Å². The van der Waals surface area contributed by atoms with Gasteiger partial charge in [-0.3, -0.25) is 4.79 Å². The molecule has 0 spiro atoms. The van der Waals surface area contributed by atoms with Crippen molar-refractivity contribution >= 4 is 29.5 Å². The highest BCUT2D eigenvalue weighted by molar-refractivity contribution is 7.91. The van der Waals surface area contributed by atoms with Crippen LogP contribution >= 0.6 is 0 Å². The zero-order valence-electron chi connectivity index (χ0n) is 19.1. The number of hydrogen-bond acceptors (Lipinski definition) is 4. The highest BCUT2D eigenvalue weighted by Gasteiger charge is 2.58. The molecule has 0 bridgehead atoms. The first-order chi connectivity index (χ1) is 13.8. The van der Waals surface area contributed by atoms with Crippen LogP contribution in [-0.2, 0) is 24.8 Å². The van der Waals surface area contributed by atoms with E-state index in [1.54, 1.807) is 11.9 Å². The Morgan fingerprint density at radius 3 is 2.50 bits per heavy atom. The molecule has 3 aliphatic rings. The third-order valence-electron chi connectivity index (χ3n) is 7.20. The number of nitrogens with zero attached hydrogens (tertiary/aromatic N) is 1. The third kappa shape index (κ3) is 3.67. The molecule has 4 rings (SSSR count). The van der Waals surface area contributed by atoms with E-state index in [2.05, 4.69) is 39.6 Å². The fourth-order valence-corrected chi connectivity index (χ4v) is 10.5. The molecule has 0 saturated carbocycles. The van der Waals surface area contributed by atoms with Crippen molar-refractivity contribution in [3.63, 3.8) is 0 Å². The maximum Gasteiger partial charge on any atom is 0.238 e. The normalized spacial score (nSPS) is 30.2. The van der Waals surface area contributed by atoms with Gasteiger partial charge in [-0.2, -0.15) is 0 Å². The minimum absolute atomic E-state index is 0.0573. The summed E-state index contributed by atoms with van der Waals surface area (Å²) in [7, 11) is -3.06. The summed E-state index contributed by atoms with van der Waals surface area (Å²) in [6, 6.07) is 6.80. The number of carbonyl (C=O) groups is 1. The summed E-state index contributed by atoms with van der Waals surface area (Å²) >= 11 is 0. The predicted octanol–water partition coefficient (Wildman–Crippen LogP) is 4.10. The second kappa shape index (κ2) is 6.91. The number of epoxide rings is 1. The second-order valence-corrected chi connectivity index (χ2v) is 19.0. The number of sulfone groups is 1. The molecule has 1 fully saturated rings. The van der Waals surface area contributed by atoms with Gasteiger partial charge in [0.1, 0.15) is 0 Å². The zero-order chi connectivity index (χ0) is 22.1. The average molecular weight is 450 g/mol. The fourth-order valence-electron chi connectivity index (χ4n) is 5.51. The van der Waals surface area contributed by atoms with Crippen LogP contribution in [0.2, 0.25) is 25.7 Å². The van der Waals surface area contributed by atoms with Gasteiger partial charge in [0.2, 0.25) is 5.91 Å². The van der Waals surface area contributed by atoms with Gasteiger partial charge in [0, 0.05) is 32.5 Å². The number of ether oxygens (including phenoxy) is 1. The predicted molar refractivity (Wildman–Crippen MR) is 124 cm³/mol. The van der Waals surface area contributed by atoms with E-state index in [1.165, 1.54) is 0 Å². The van der Waals surface area contributed by atoms with E-state index in [4.69, 9.17) is 4.74 Å². The Morgan fingerprint density at radius 2 is 1.90 bits per heavy atom. The Bertz CT molecular complexity index is 981. The van der Waals surface area contributed by atoms with Crippen molar-refractivity contribution in [2.24, 2.45) is 0 Å². The van der Waals surface area contributed by atoms with Gasteiger partial charge in [0.05, 0.1) is 22.9 Å². The first kappa shape index (κ1) is 22.0. The van der Waals surface area contributed by atoms with Gasteiger partial charge in [-0.25, -0.2) is 8.42 Å². The first-order valence-electron chi connectivity index (χ1n) is 11.1. The molecule has 1 aromatic carbocycles. The molecular weight excluding hydrogens is 414 g/mol. The lowest BCUT2D eigenvalue weighted by Crippen LogP contribution is -2.45. The molecule has 5 nitrogen and oxygen atoms in total. The molecule has 1 saturated heterocycles. The van der Waals surface area contributed by atoms with Crippen LogP contribution in [0, 0.1) is 0 Å². The number of likely N-dealkylation sites (N-methyl/N-ethyl adjacent to an activating group) is 1. The van der Waals surface area contributed by atoms with Crippen LogP contribution in [0.15, 0.2) is 18.2 Å². The Labute approximate surface area is 182 Å². The summed E-state index contributed by atoms with van der Waals surface area (Å²) in [5.41, 5.74) is 1.86. The minimum atomic E-state index is -3.36. The molecule has 2 aliphatic heterocycles. The zero-order valence-corrected chi connectivity index (χ0v) is 20.9. The van der Waals surface area contributed by atoms with Gasteiger partial charge < -0.3 is 9.64 Å². The number of amides is 1. The van der Waals surface area contributed by atoms with Crippen LogP contribution in [0.1, 0.15) is 50.2 Å². The summed E-state index contributed by atoms with van der Waals surface area (Å²) < 4.78 is 32.5. The van der Waals surface area contributed by atoms with E-state index in [-0.39, 0.29) is 35.0 Å². The number of benzene rings is 1. The molecule has 7 heteroatoms. The molecule has 0 radical (unpaired) electrons. The first-order valence-corrected chi connectivity index (χ1v) is 16.6. The average Bonchev–Trinajstić information content (AvgIpc) is 3.26. The topological polar surface area (TPSA) is 67.0 Å². The van der Waals surface area contributed by atoms with Crippen molar-refractivity contribution in [1.82, 2.24) is 0 Å². The van der Waals surface area contributed by atoms with Crippen LogP contribution in [0.4, 0.5) is 5.69 Å². The molecule has 166 valence electrons. The molecule has 1 amide bonds. The lowest BCUT2D eigenvalue weighted by atomic mass is 9.77. The number of anilines is 1. The summed E-state index contributed by atoms with van der Waals surface area (Å²) in [6.07, 6.45) is 2.48. The maximum absolute atomic E-state index is 13.6. The van der Waals surface area contributed by atoms with Crippen molar-refractivity contribution in [2.45, 2.75) is 81.8 Å².